The predicted octanol–water partition coefficient (Wildman–Crippen LogP) is 4.54. The maximum absolute atomic E-state index is 12.8. The minimum Gasteiger partial charge on any atom is -0.504 e. The molecule has 3 aliphatic rings. The number of ether oxygens (including phenoxy) is 2. The van der Waals surface area contributed by atoms with E-state index >= 15 is 0 Å². The van der Waals surface area contributed by atoms with E-state index in [4.69, 9.17) is 9.47 Å². The number of ketones is 1. The molecule has 31 heavy (non-hydrogen) atoms. The lowest BCUT2D eigenvalue weighted by Gasteiger charge is -2.40. The highest BCUT2D eigenvalue weighted by Gasteiger charge is 2.48. The molecule has 0 aliphatic heterocycles. The smallest absolute Gasteiger partial charge is 0.315 e. The number of phenolic OH excluding ortho intramolecular Hbond substituents is 2. The summed E-state index contributed by atoms with van der Waals surface area (Å²) in [6.45, 7) is 0.0799. The lowest BCUT2D eigenvalue weighted by molar-refractivity contribution is -0.174. The predicted molar refractivity (Wildman–Crippen MR) is 113 cm³/mol. The summed E-state index contributed by atoms with van der Waals surface area (Å²) in [6, 6.07) is 8.62. The molecule has 0 aromatic heterocycles. The normalized spacial score (nSPS) is 19.3. The van der Waals surface area contributed by atoms with Gasteiger partial charge in [-0.25, -0.2) is 0 Å². The standard InChI is InChI=1S/C25H26O6/c26-20-10-8-17-16(6-2-7-18(17)20)19-9-11-21(27)22(28)23(19)30-14-25(12-3-13-25)24(29)31-15-4-1-5-15/h2,6-7,9,11,15,27-28H,1,3-5,8,10,12-14H2. The number of rotatable bonds is 6. The van der Waals surface area contributed by atoms with Crippen molar-refractivity contribution in [1.29, 1.82) is 0 Å². The third-order valence-electron chi connectivity index (χ3n) is 7.04. The molecule has 0 heterocycles. The largest absolute Gasteiger partial charge is 0.504 e. The molecule has 0 spiro atoms. The maximum atomic E-state index is 12.8. The first-order chi connectivity index (χ1) is 15.0. The SMILES string of the molecule is O=C1CCc2c1cccc2-c1ccc(O)c(O)c1OCC1(C(=O)OC2CCC2)CCC1. The molecule has 162 valence electrons. The van der Waals surface area contributed by atoms with Crippen LogP contribution >= 0.6 is 0 Å². The van der Waals surface area contributed by atoms with Crippen LogP contribution in [0, 0.1) is 5.41 Å². The lowest BCUT2D eigenvalue weighted by atomic mass is 9.69. The molecular weight excluding hydrogens is 396 g/mol. The Morgan fingerprint density at radius 1 is 1.00 bits per heavy atom. The third kappa shape index (κ3) is 3.34. The number of Topliss-reactive ketones (excluding diaryl/α,β-unsaturated/α-hetero) is 1. The van der Waals surface area contributed by atoms with Crippen LogP contribution in [0.2, 0.25) is 0 Å². The van der Waals surface area contributed by atoms with E-state index in [1.54, 1.807) is 6.07 Å². The molecule has 2 N–H and O–H groups in total. The molecule has 6 heteroatoms. The van der Waals surface area contributed by atoms with Crippen LogP contribution in [0.3, 0.4) is 0 Å². The van der Waals surface area contributed by atoms with E-state index in [-0.39, 0.29) is 41.7 Å². The molecule has 6 nitrogen and oxygen atoms in total. The third-order valence-corrected chi connectivity index (χ3v) is 7.04. The van der Waals surface area contributed by atoms with Gasteiger partial charge in [0, 0.05) is 17.5 Å². The molecule has 0 radical (unpaired) electrons. The fourth-order valence-corrected chi connectivity index (χ4v) is 4.65. The Labute approximate surface area is 180 Å². The van der Waals surface area contributed by atoms with Crippen LogP contribution in [-0.4, -0.2) is 34.7 Å². The number of fused-ring (bicyclic) bond motifs is 1. The zero-order valence-corrected chi connectivity index (χ0v) is 17.4. The van der Waals surface area contributed by atoms with Gasteiger partial charge in [-0.3, -0.25) is 9.59 Å². The zero-order valence-electron chi connectivity index (χ0n) is 17.4. The van der Waals surface area contributed by atoms with Crippen molar-refractivity contribution < 1.29 is 29.3 Å². The van der Waals surface area contributed by atoms with Gasteiger partial charge in [-0.05, 0) is 61.8 Å². The second-order valence-electron chi connectivity index (χ2n) is 8.95. The highest BCUT2D eigenvalue weighted by Crippen LogP contribution is 2.48. The van der Waals surface area contributed by atoms with Gasteiger partial charge < -0.3 is 19.7 Å². The van der Waals surface area contributed by atoms with Crippen molar-refractivity contribution in [3.8, 4) is 28.4 Å². The summed E-state index contributed by atoms with van der Waals surface area (Å²) in [6.07, 6.45) is 6.31. The van der Waals surface area contributed by atoms with Crippen LogP contribution in [0.1, 0.15) is 60.9 Å². The number of aromatic hydroxyl groups is 2. The van der Waals surface area contributed by atoms with Crippen LogP contribution in [0.5, 0.6) is 17.2 Å². The lowest BCUT2D eigenvalue weighted by Crippen LogP contribution is -2.46. The Morgan fingerprint density at radius 3 is 2.45 bits per heavy atom. The molecule has 2 saturated carbocycles. The van der Waals surface area contributed by atoms with Crippen LogP contribution in [0.25, 0.3) is 11.1 Å². The number of phenols is 2. The number of hydrogen-bond donors (Lipinski definition) is 2. The van der Waals surface area contributed by atoms with Crippen LogP contribution in [-0.2, 0) is 16.0 Å². The molecule has 2 fully saturated rings. The number of carbonyl (C=O) groups excluding carboxylic acids is 2. The van der Waals surface area contributed by atoms with E-state index in [0.717, 1.165) is 36.8 Å². The first-order valence-corrected chi connectivity index (χ1v) is 11.0. The van der Waals surface area contributed by atoms with E-state index in [2.05, 4.69) is 0 Å². The average Bonchev–Trinajstić information content (AvgIpc) is 3.08. The van der Waals surface area contributed by atoms with Crippen LogP contribution in [0.15, 0.2) is 30.3 Å². The van der Waals surface area contributed by atoms with Crippen molar-refractivity contribution in [3.05, 3.63) is 41.5 Å². The second-order valence-corrected chi connectivity index (χ2v) is 8.95. The minimum absolute atomic E-state index is 0.0131. The van der Waals surface area contributed by atoms with Gasteiger partial charge in [0.05, 0.1) is 0 Å². The Morgan fingerprint density at radius 2 is 1.77 bits per heavy atom. The average molecular weight is 422 g/mol. The quantitative estimate of drug-likeness (QED) is 0.524. The van der Waals surface area contributed by atoms with Crippen molar-refractivity contribution in [2.45, 2.75) is 57.5 Å². The summed E-state index contributed by atoms with van der Waals surface area (Å²) < 4.78 is 11.7. The van der Waals surface area contributed by atoms with Gasteiger partial charge in [0.25, 0.3) is 0 Å². The van der Waals surface area contributed by atoms with E-state index in [9.17, 15) is 19.8 Å². The first-order valence-electron chi connectivity index (χ1n) is 11.0. The fourth-order valence-electron chi connectivity index (χ4n) is 4.65. The Balaban J connectivity index is 1.45. The van der Waals surface area contributed by atoms with Crippen molar-refractivity contribution in [1.82, 2.24) is 0 Å². The summed E-state index contributed by atoms with van der Waals surface area (Å²) in [7, 11) is 0. The summed E-state index contributed by atoms with van der Waals surface area (Å²) in [5.74, 6) is -0.635. The second kappa shape index (κ2) is 7.59. The fraction of sp³-hybridized carbons (Fsp3) is 0.440. The van der Waals surface area contributed by atoms with Gasteiger partial charge >= 0.3 is 5.97 Å². The molecular formula is C25H26O6. The van der Waals surface area contributed by atoms with Crippen LogP contribution in [0.4, 0.5) is 0 Å². The topological polar surface area (TPSA) is 93.1 Å². The van der Waals surface area contributed by atoms with E-state index in [0.29, 0.717) is 36.8 Å². The van der Waals surface area contributed by atoms with Gasteiger partial charge in [-0.1, -0.05) is 24.6 Å². The molecule has 0 amide bonds. The van der Waals surface area contributed by atoms with Gasteiger partial charge in [0.2, 0.25) is 5.75 Å². The van der Waals surface area contributed by atoms with E-state index in [1.807, 2.05) is 18.2 Å². The molecule has 0 unspecified atom stereocenters. The molecule has 5 rings (SSSR count). The van der Waals surface area contributed by atoms with Gasteiger partial charge in [-0.2, -0.15) is 0 Å². The number of carbonyl (C=O) groups is 2. The van der Waals surface area contributed by atoms with E-state index in [1.165, 1.54) is 6.07 Å². The monoisotopic (exact) mass is 422 g/mol. The Kier molecular flexibility index (Phi) is 4.88. The van der Waals surface area contributed by atoms with Crippen LogP contribution < -0.4 is 4.74 Å². The summed E-state index contributed by atoms with van der Waals surface area (Å²) >= 11 is 0. The number of esters is 1. The first kappa shape index (κ1) is 19.9. The molecule has 2 aromatic carbocycles. The molecule has 0 atom stereocenters. The summed E-state index contributed by atoms with van der Waals surface area (Å²) in [5.41, 5.74) is 2.30. The molecule has 2 aromatic rings. The van der Waals surface area contributed by atoms with Crippen molar-refractivity contribution >= 4 is 11.8 Å². The molecule has 0 saturated heterocycles. The number of hydrogen-bond acceptors (Lipinski definition) is 6. The summed E-state index contributed by atoms with van der Waals surface area (Å²) in [5, 5.41) is 20.7. The minimum atomic E-state index is -0.709. The van der Waals surface area contributed by atoms with Gasteiger partial charge in [-0.15, -0.1) is 0 Å². The van der Waals surface area contributed by atoms with Crippen molar-refractivity contribution in [3.63, 3.8) is 0 Å². The zero-order chi connectivity index (χ0) is 21.6. The Hall–Kier alpha value is -3.02. The van der Waals surface area contributed by atoms with Crippen molar-refractivity contribution in [2.24, 2.45) is 5.41 Å². The Bertz CT molecular complexity index is 1050. The van der Waals surface area contributed by atoms with Gasteiger partial charge in [0.15, 0.2) is 17.3 Å². The van der Waals surface area contributed by atoms with Gasteiger partial charge in [0.1, 0.15) is 18.1 Å². The van der Waals surface area contributed by atoms with E-state index < -0.39 is 5.41 Å². The maximum Gasteiger partial charge on any atom is 0.315 e. The highest BCUT2D eigenvalue weighted by molar-refractivity contribution is 6.02. The molecule has 3 aliphatic carbocycles. The number of benzene rings is 2. The highest BCUT2D eigenvalue weighted by atomic mass is 16.6. The molecule has 0 bridgehead atoms. The summed E-state index contributed by atoms with van der Waals surface area (Å²) in [4.78, 5) is 25.0. The van der Waals surface area contributed by atoms with Crippen molar-refractivity contribution in [2.75, 3.05) is 6.61 Å².